The molecule has 2 aliphatic rings. The van der Waals surface area contributed by atoms with E-state index in [1.165, 1.54) is 18.2 Å². The molecule has 29 heavy (non-hydrogen) atoms. The molecular weight excluding hydrogens is 384 g/mol. The number of phenols is 1. The van der Waals surface area contributed by atoms with Crippen LogP contribution in [0.3, 0.4) is 0 Å². The van der Waals surface area contributed by atoms with Crippen LogP contribution in [0.5, 0.6) is 5.75 Å². The van der Waals surface area contributed by atoms with Crippen LogP contribution in [-0.2, 0) is 6.54 Å². The van der Waals surface area contributed by atoms with E-state index >= 15 is 0 Å². The van der Waals surface area contributed by atoms with E-state index in [0.29, 0.717) is 0 Å². The third-order valence-corrected chi connectivity index (χ3v) is 4.72. The number of halogens is 2. The van der Waals surface area contributed by atoms with Gasteiger partial charge in [0.1, 0.15) is 11.3 Å². The Balaban J connectivity index is 2.31. The molecule has 1 heterocycles. The summed E-state index contributed by atoms with van der Waals surface area (Å²) in [6.45, 7) is -0.291. The third kappa shape index (κ3) is 2.81. The lowest BCUT2D eigenvalue weighted by molar-refractivity contribution is 0.0697. The summed E-state index contributed by atoms with van der Waals surface area (Å²) in [7, 11) is 0. The number of benzene rings is 3. The SMILES string of the molecule is NCc1c(O)c(F)cc2c(-c3ccccc3C(=O)O)c3cc(F)c(=O)cc-3oc12. The number of nitrogens with two attached hydrogens (primary N) is 1. The largest absolute Gasteiger partial charge is 0.504 e. The Morgan fingerprint density at radius 3 is 2.48 bits per heavy atom. The van der Waals surface area contributed by atoms with Gasteiger partial charge in [0.2, 0.25) is 5.43 Å². The molecule has 8 heteroatoms. The number of rotatable bonds is 3. The van der Waals surface area contributed by atoms with E-state index in [1.54, 1.807) is 6.07 Å². The van der Waals surface area contributed by atoms with Crippen LogP contribution in [0.1, 0.15) is 15.9 Å². The van der Waals surface area contributed by atoms with E-state index in [2.05, 4.69) is 0 Å². The standard InChI is InChI=1S/C21H13F2NO5/c22-14-5-11-17(7-16(14)25)29-20-12(6-15(23)19(26)13(20)8-24)18(11)9-3-1-2-4-10(9)21(27)28/h1-7,26H,8,24H2,(H,27,28). The number of carboxylic acid groups (broad SMARTS) is 1. The Kier molecular flexibility index (Phi) is 4.28. The number of carboxylic acids is 1. The first kappa shape index (κ1) is 18.6. The predicted octanol–water partition coefficient (Wildman–Crippen LogP) is 3.71. The van der Waals surface area contributed by atoms with Crippen molar-refractivity contribution in [3.63, 3.8) is 0 Å². The fourth-order valence-corrected chi connectivity index (χ4v) is 3.41. The number of aromatic carboxylic acids is 1. The summed E-state index contributed by atoms with van der Waals surface area (Å²) in [5, 5.41) is 19.7. The Bertz CT molecular complexity index is 1330. The molecule has 1 aliphatic heterocycles. The van der Waals surface area contributed by atoms with Gasteiger partial charge in [0, 0.05) is 29.1 Å². The lowest BCUT2D eigenvalue weighted by atomic mass is 9.89. The molecule has 1 aliphatic carbocycles. The summed E-state index contributed by atoms with van der Waals surface area (Å²) < 4.78 is 34.2. The molecule has 0 aromatic heterocycles. The van der Waals surface area contributed by atoms with Crippen LogP contribution in [0, 0.1) is 11.6 Å². The van der Waals surface area contributed by atoms with E-state index in [9.17, 15) is 28.6 Å². The second kappa shape index (κ2) is 6.68. The maximum absolute atomic E-state index is 14.4. The number of hydrogen-bond donors (Lipinski definition) is 3. The van der Waals surface area contributed by atoms with E-state index in [0.717, 1.165) is 18.2 Å². The quantitative estimate of drug-likeness (QED) is 0.454. The maximum Gasteiger partial charge on any atom is 0.336 e. The van der Waals surface area contributed by atoms with Crippen LogP contribution in [-0.4, -0.2) is 16.2 Å². The molecule has 146 valence electrons. The van der Waals surface area contributed by atoms with E-state index in [-0.39, 0.29) is 51.1 Å². The third-order valence-electron chi connectivity index (χ3n) is 4.72. The van der Waals surface area contributed by atoms with Crippen LogP contribution in [0.25, 0.3) is 33.4 Å². The van der Waals surface area contributed by atoms with E-state index in [1.807, 2.05) is 0 Å². The molecular formula is C21H13F2NO5. The lowest BCUT2D eigenvalue weighted by Crippen LogP contribution is -2.08. The molecule has 2 aromatic rings. The number of fused-ring (bicyclic) bond motifs is 2. The zero-order valence-electron chi connectivity index (χ0n) is 14.7. The Morgan fingerprint density at radius 2 is 1.79 bits per heavy atom. The summed E-state index contributed by atoms with van der Waals surface area (Å²) in [6, 6.07) is 8.70. The van der Waals surface area contributed by atoms with Gasteiger partial charge in [-0.15, -0.1) is 0 Å². The van der Waals surface area contributed by atoms with Crippen LogP contribution in [0.2, 0.25) is 0 Å². The monoisotopic (exact) mass is 397 g/mol. The summed E-state index contributed by atoms with van der Waals surface area (Å²) in [6.07, 6.45) is 0. The minimum absolute atomic E-state index is 0.0277. The molecule has 0 spiro atoms. The first-order chi connectivity index (χ1) is 13.8. The smallest absolute Gasteiger partial charge is 0.336 e. The molecule has 0 saturated heterocycles. The lowest BCUT2D eigenvalue weighted by Gasteiger charge is -2.18. The van der Waals surface area contributed by atoms with Crippen molar-refractivity contribution in [2.45, 2.75) is 6.54 Å². The van der Waals surface area contributed by atoms with Crippen molar-refractivity contribution in [1.82, 2.24) is 0 Å². The van der Waals surface area contributed by atoms with Crippen LogP contribution >= 0.6 is 0 Å². The molecule has 4 N–H and O–H groups in total. The van der Waals surface area contributed by atoms with Gasteiger partial charge in [-0.1, -0.05) is 18.2 Å². The first-order valence-electron chi connectivity index (χ1n) is 8.46. The van der Waals surface area contributed by atoms with Gasteiger partial charge in [-0.05, 0) is 23.8 Å². The predicted molar refractivity (Wildman–Crippen MR) is 101 cm³/mol. The average Bonchev–Trinajstić information content (AvgIpc) is 2.69. The number of phenolic OH excluding ortho intramolecular Hbond substituents is 1. The minimum atomic E-state index is -1.25. The van der Waals surface area contributed by atoms with Crippen molar-refractivity contribution in [3.05, 3.63) is 75.4 Å². The summed E-state index contributed by atoms with van der Waals surface area (Å²) in [5.74, 6) is -4.09. The fourth-order valence-electron chi connectivity index (χ4n) is 3.41. The molecule has 0 unspecified atom stereocenters. The molecule has 0 saturated carbocycles. The number of aromatic hydroxyl groups is 1. The van der Waals surface area contributed by atoms with Crippen LogP contribution in [0.15, 0.2) is 51.7 Å². The fraction of sp³-hybridized carbons (Fsp3) is 0.0476. The van der Waals surface area contributed by atoms with Crippen molar-refractivity contribution in [2.24, 2.45) is 5.73 Å². The maximum atomic E-state index is 14.4. The number of carbonyl (C=O) groups is 1. The van der Waals surface area contributed by atoms with Crippen molar-refractivity contribution < 1.29 is 28.2 Å². The molecule has 4 rings (SSSR count). The molecule has 0 bridgehead atoms. The molecule has 0 atom stereocenters. The summed E-state index contributed by atoms with van der Waals surface area (Å²) in [4.78, 5) is 23.6. The topological polar surface area (TPSA) is 114 Å². The van der Waals surface area contributed by atoms with E-state index < -0.39 is 28.8 Å². The van der Waals surface area contributed by atoms with Gasteiger partial charge in [-0.25, -0.2) is 13.6 Å². The van der Waals surface area contributed by atoms with Crippen molar-refractivity contribution in [2.75, 3.05) is 0 Å². The molecule has 2 aromatic carbocycles. The van der Waals surface area contributed by atoms with Crippen LogP contribution in [0.4, 0.5) is 8.78 Å². The van der Waals surface area contributed by atoms with E-state index in [4.69, 9.17) is 10.2 Å². The normalized spacial score (nSPS) is 11.3. The van der Waals surface area contributed by atoms with Gasteiger partial charge < -0.3 is 20.4 Å². The van der Waals surface area contributed by atoms with Crippen molar-refractivity contribution in [3.8, 4) is 28.2 Å². The second-order valence-corrected chi connectivity index (χ2v) is 6.37. The highest BCUT2D eigenvalue weighted by molar-refractivity contribution is 6.08. The van der Waals surface area contributed by atoms with Gasteiger partial charge in [-0.3, -0.25) is 4.79 Å². The highest BCUT2D eigenvalue weighted by atomic mass is 19.1. The zero-order chi connectivity index (χ0) is 20.9. The molecule has 0 fully saturated rings. The highest BCUT2D eigenvalue weighted by Gasteiger charge is 2.25. The molecule has 6 nitrogen and oxygen atoms in total. The second-order valence-electron chi connectivity index (χ2n) is 6.37. The zero-order valence-corrected chi connectivity index (χ0v) is 14.7. The Labute approximate surface area is 161 Å². The Hall–Kier alpha value is -3.78. The number of hydrogen-bond acceptors (Lipinski definition) is 5. The van der Waals surface area contributed by atoms with Gasteiger partial charge in [0.05, 0.1) is 11.1 Å². The van der Waals surface area contributed by atoms with Gasteiger partial charge in [0.25, 0.3) is 0 Å². The highest BCUT2D eigenvalue weighted by Crippen LogP contribution is 2.44. The Morgan fingerprint density at radius 1 is 1.07 bits per heavy atom. The minimum Gasteiger partial charge on any atom is -0.504 e. The van der Waals surface area contributed by atoms with Gasteiger partial charge >= 0.3 is 5.97 Å². The first-order valence-corrected chi connectivity index (χ1v) is 8.46. The molecule has 0 amide bonds. The van der Waals surface area contributed by atoms with Gasteiger partial charge in [0.15, 0.2) is 17.4 Å². The average molecular weight is 397 g/mol. The van der Waals surface area contributed by atoms with Gasteiger partial charge in [-0.2, -0.15) is 0 Å². The molecule has 0 radical (unpaired) electrons. The summed E-state index contributed by atoms with van der Waals surface area (Å²) in [5.41, 5.74) is 4.90. The van der Waals surface area contributed by atoms with Crippen LogP contribution < -0.4 is 11.2 Å². The van der Waals surface area contributed by atoms with Crippen molar-refractivity contribution in [1.29, 1.82) is 0 Å². The van der Waals surface area contributed by atoms with Crippen molar-refractivity contribution >= 4 is 16.9 Å². The summed E-state index contributed by atoms with van der Waals surface area (Å²) >= 11 is 0.